The highest BCUT2D eigenvalue weighted by atomic mass is 16.5. The second-order valence-electron chi connectivity index (χ2n) is 4.62. The Bertz CT molecular complexity index is 581. The lowest BCUT2D eigenvalue weighted by atomic mass is 10.2. The summed E-state index contributed by atoms with van der Waals surface area (Å²) in [5.41, 5.74) is 4.65. The number of rotatable bonds is 4. The van der Waals surface area contributed by atoms with Crippen LogP contribution < -0.4 is 16.0 Å². The van der Waals surface area contributed by atoms with Gasteiger partial charge in [-0.1, -0.05) is 30.3 Å². The zero-order valence-corrected chi connectivity index (χ0v) is 12.3. The molecule has 0 atom stereocenters. The summed E-state index contributed by atoms with van der Waals surface area (Å²) in [5, 5.41) is 0. The monoisotopic (exact) mass is 284 g/mol. The summed E-state index contributed by atoms with van der Waals surface area (Å²) in [4.78, 5) is 6.44. The first-order valence-corrected chi connectivity index (χ1v) is 6.67. The van der Waals surface area contributed by atoms with Gasteiger partial charge in [0, 0.05) is 13.6 Å². The minimum Gasteiger partial charge on any atom is -0.497 e. The maximum atomic E-state index is 5.58. The van der Waals surface area contributed by atoms with E-state index in [4.69, 9.17) is 10.6 Å². The van der Waals surface area contributed by atoms with Crippen molar-refractivity contribution in [1.29, 1.82) is 0 Å². The van der Waals surface area contributed by atoms with E-state index in [0.29, 0.717) is 12.5 Å². The van der Waals surface area contributed by atoms with Gasteiger partial charge in [-0.15, -0.1) is 0 Å². The number of aliphatic imine (C=N–C) groups is 1. The highest BCUT2D eigenvalue weighted by Gasteiger charge is 2.06. The molecule has 0 radical (unpaired) electrons. The number of nitrogens with zero attached hydrogens (tertiary/aromatic N) is 2. The third-order valence-corrected chi connectivity index (χ3v) is 3.06. The van der Waals surface area contributed by atoms with Crippen molar-refractivity contribution >= 4 is 11.6 Å². The fraction of sp³-hybridized carbons (Fsp3) is 0.188. The van der Waals surface area contributed by atoms with E-state index in [1.165, 1.54) is 0 Å². The molecule has 0 unspecified atom stereocenters. The summed E-state index contributed by atoms with van der Waals surface area (Å²) in [5.74, 6) is 7.03. The molecule has 21 heavy (non-hydrogen) atoms. The molecular weight excluding hydrogens is 264 g/mol. The minimum absolute atomic E-state index is 0.608. The number of benzene rings is 2. The van der Waals surface area contributed by atoms with Crippen molar-refractivity contribution in [3.05, 3.63) is 60.2 Å². The van der Waals surface area contributed by atoms with Crippen LogP contribution in [0.1, 0.15) is 5.56 Å². The minimum atomic E-state index is 0.608. The molecule has 0 saturated carbocycles. The van der Waals surface area contributed by atoms with Gasteiger partial charge in [-0.25, -0.2) is 10.8 Å². The number of nitrogens with two attached hydrogens (primary N) is 1. The Morgan fingerprint density at radius 3 is 2.38 bits per heavy atom. The van der Waals surface area contributed by atoms with Crippen LogP contribution in [0.2, 0.25) is 0 Å². The van der Waals surface area contributed by atoms with E-state index in [1.807, 2.05) is 66.5 Å². The van der Waals surface area contributed by atoms with E-state index >= 15 is 0 Å². The lowest BCUT2D eigenvalue weighted by Crippen LogP contribution is -2.42. The summed E-state index contributed by atoms with van der Waals surface area (Å²) in [6, 6.07) is 17.6. The second kappa shape index (κ2) is 7.31. The molecule has 0 heterocycles. The molecule has 0 fully saturated rings. The van der Waals surface area contributed by atoms with Crippen LogP contribution in [-0.4, -0.2) is 25.0 Å². The third kappa shape index (κ3) is 4.22. The topological polar surface area (TPSA) is 62.9 Å². The molecule has 0 saturated heterocycles. The quantitative estimate of drug-likeness (QED) is 0.391. The van der Waals surface area contributed by atoms with Gasteiger partial charge in [-0.05, 0) is 29.8 Å². The summed E-state index contributed by atoms with van der Waals surface area (Å²) >= 11 is 0. The summed E-state index contributed by atoms with van der Waals surface area (Å²) < 4.78 is 5.15. The Kier molecular flexibility index (Phi) is 5.17. The molecule has 2 aromatic rings. The summed E-state index contributed by atoms with van der Waals surface area (Å²) in [6.07, 6.45) is 0. The number of para-hydroxylation sites is 1. The molecule has 0 amide bonds. The molecule has 3 N–H and O–H groups in total. The number of nitrogens with one attached hydrogen (secondary N) is 1. The van der Waals surface area contributed by atoms with E-state index in [0.717, 1.165) is 17.0 Å². The zero-order valence-electron chi connectivity index (χ0n) is 12.3. The van der Waals surface area contributed by atoms with Gasteiger partial charge >= 0.3 is 0 Å². The predicted molar refractivity (Wildman–Crippen MR) is 85.3 cm³/mol. The lowest BCUT2D eigenvalue weighted by Gasteiger charge is -2.20. The van der Waals surface area contributed by atoms with Gasteiger partial charge in [0.15, 0.2) is 0 Å². The van der Waals surface area contributed by atoms with Gasteiger partial charge in [0.2, 0.25) is 5.96 Å². The van der Waals surface area contributed by atoms with Crippen LogP contribution in [0.5, 0.6) is 5.75 Å². The third-order valence-electron chi connectivity index (χ3n) is 3.06. The van der Waals surface area contributed by atoms with Crippen LogP contribution in [0.15, 0.2) is 59.6 Å². The summed E-state index contributed by atoms with van der Waals surface area (Å²) in [7, 11) is 3.59. The van der Waals surface area contributed by atoms with Gasteiger partial charge < -0.3 is 9.64 Å². The molecule has 0 aliphatic carbocycles. The highest BCUT2D eigenvalue weighted by molar-refractivity contribution is 5.81. The van der Waals surface area contributed by atoms with Crippen molar-refractivity contribution < 1.29 is 4.74 Å². The number of hydrogen-bond acceptors (Lipinski definition) is 3. The second-order valence-corrected chi connectivity index (χ2v) is 4.62. The van der Waals surface area contributed by atoms with Gasteiger partial charge in [-0.2, -0.15) is 0 Å². The van der Waals surface area contributed by atoms with Gasteiger partial charge in [0.05, 0.1) is 12.8 Å². The normalized spacial score (nSPS) is 11.1. The molecular formula is C16H20N4O. The smallest absolute Gasteiger partial charge is 0.213 e. The fourth-order valence-corrected chi connectivity index (χ4v) is 1.93. The van der Waals surface area contributed by atoms with Crippen molar-refractivity contribution in [1.82, 2.24) is 10.3 Å². The molecule has 0 aliphatic rings. The van der Waals surface area contributed by atoms with Gasteiger partial charge in [0.1, 0.15) is 5.75 Å². The lowest BCUT2D eigenvalue weighted by molar-refractivity contribution is 0.414. The van der Waals surface area contributed by atoms with Crippen molar-refractivity contribution in [2.75, 3.05) is 14.2 Å². The number of methoxy groups -OCH3 is 1. The first-order valence-electron chi connectivity index (χ1n) is 6.67. The van der Waals surface area contributed by atoms with E-state index < -0.39 is 0 Å². The molecule has 0 aliphatic heterocycles. The SMILES string of the molecule is COc1ccc(CN(C)C(=Nc2ccccc2)NN)cc1. The van der Waals surface area contributed by atoms with E-state index in [1.54, 1.807) is 7.11 Å². The maximum Gasteiger partial charge on any atom is 0.213 e. The average molecular weight is 284 g/mol. The number of guanidine groups is 1. The molecule has 2 aromatic carbocycles. The van der Waals surface area contributed by atoms with Crippen LogP contribution >= 0.6 is 0 Å². The number of hydrazine groups is 1. The van der Waals surface area contributed by atoms with Crippen LogP contribution in [0.3, 0.4) is 0 Å². The van der Waals surface area contributed by atoms with Crippen molar-refractivity contribution in [2.24, 2.45) is 10.8 Å². The fourth-order valence-electron chi connectivity index (χ4n) is 1.93. The molecule has 0 aromatic heterocycles. The molecule has 2 rings (SSSR count). The number of ether oxygens (including phenoxy) is 1. The number of hydrogen-bond donors (Lipinski definition) is 2. The van der Waals surface area contributed by atoms with Gasteiger partial charge in [0.25, 0.3) is 0 Å². The summed E-state index contributed by atoms with van der Waals surface area (Å²) in [6.45, 7) is 0.694. The molecule has 0 bridgehead atoms. The van der Waals surface area contributed by atoms with Crippen LogP contribution in [0.4, 0.5) is 5.69 Å². The molecule has 5 heteroatoms. The van der Waals surface area contributed by atoms with E-state index in [-0.39, 0.29) is 0 Å². The zero-order chi connectivity index (χ0) is 15.1. The van der Waals surface area contributed by atoms with Crippen LogP contribution in [0, 0.1) is 0 Å². The maximum absolute atomic E-state index is 5.58. The molecule has 5 nitrogen and oxygen atoms in total. The highest BCUT2D eigenvalue weighted by Crippen LogP contribution is 2.14. The Hall–Kier alpha value is -2.53. The van der Waals surface area contributed by atoms with Crippen LogP contribution in [0.25, 0.3) is 0 Å². The first-order chi connectivity index (χ1) is 10.2. The first kappa shape index (κ1) is 14.9. The molecule has 0 spiro atoms. The van der Waals surface area contributed by atoms with Gasteiger partial charge in [-0.3, -0.25) is 5.43 Å². The van der Waals surface area contributed by atoms with E-state index in [2.05, 4.69) is 10.4 Å². The van der Waals surface area contributed by atoms with E-state index in [9.17, 15) is 0 Å². The Morgan fingerprint density at radius 1 is 1.14 bits per heavy atom. The Morgan fingerprint density at radius 2 is 1.81 bits per heavy atom. The Labute approximate surface area is 125 Å². The van der Waals surface area contributed by atoms with Crippen molar-refractivity contribution in [2.45, 2.75) is 6.54 Å². The predicted octanol–water partition coefficient (Wildman–Crippen LogP) is 2.28. The standard InChI is InChI=1S/C16H20N4O/c1-20(12-13-8-10-15(21-2)11-9-13)16(19-17)18-14-6-4-3-5-7-14/h3-11H,12,17H2,1-2H3,(H,18,19). The van der Waals surface area contributed by atoms with Crippen molar-refractivity contribution in [3.8, 4) is 5.75 Å². The Balaban J connectivity index is 2.09. The molecule has 110 valence electrons. The largest absolute Gasteiger partial charge is 0.497 e. The van der Waals surface area contributed by atoms with Crippen molar-refractivity contribution in [3.63, 3.8) is 0 Å². The average Bonchev–Trinajstić information content (AvgIpc) is 2.54. The van der Waals surface area contributed by atoms with Crippen LogP contribution in [-0.2, 0) is 6.54 Å².